The molecule has 0 atom stereocenters. The van der Waals surface area contributed by atoms with Crippen molar-refractivity contribution in [3.8, 4) is 0 Å². The predicted octanol–water partition coefficient (Wildman–Crippen LogP) is 5.70. The summed E-state index contributed by atoms with van der Waals surface area (Å²) in [4.78, 5) is 12.5. The largest absolute Gasteiger partial charge is 2.00 e. The molecule has 4 aromatic rings. The summed E-state index contributed by atoms with van der Waals surface area (Å²) in [5.74, 6) is 0.733. The molecule has 0 bridgehead atoms. The van der Waals surface area contributed by atoms with Crippen LogP contribution in [0.2, 0.25) is 15.5 Å². The van der Waals surface area contributed by atoms with E-state index >= 15 is 0 Å². The zero-order valence-corrected chi connectivity index (χ0v) is 29.5. The van der Waals surface area contributed by atoms with Crippen molar-refractivity contribution in [2.75, 3.05) is 0 Å². The Hall–Kier alpha value is -2.79. The Bertz CT molecular complexity index is 1690. The summed E-state index contributed by atoms with van der Waals surface area (Å²) in [6, 6.07) is 6.95. The van der Waals surface area contributed by atoms with E-state index in [-0.39, 0.29) is 42.9 Å². The molecule has 46 heavy (non-hydrogen) atoms. The molecule has 0 aliphatic carbocycles. The number of nitrogens with zero attached hydrogens (tertiary/aromatic N) is 9. The first-order valence-electron chi connectivity index (χ1n) is 13.0. The van der Waals surface area contributed by atoms with Gasteiger partial charge in [0, 0.05) is 35.1 Å². The van der Waals surface area contributed by atoms with E-state index in [4.69, 9.17) is 46.4 Å². The first-order chi connectivity index (χ1) is 20.8. The van der Waals surface area contributed by atoms with Crippen molar-refractivity contribution in [1.29, 1.82) is 0 Å². The van der Waals surface area contributed by atoms with Gasteiger partial charge in [-0.2, -0.15) is 16.6 Å². The Morgan fingerprint density at radius 2 is 1.41 bits per heavy atom. The minimum Gasteiger partial charge on any atom is -1.00 e. The number of hydrogen-bond donors (Lipinski definition) is 0. The molecule has 238 valence electrons. The third-order valence-corrected chi connectivity index (χ3v) is 6.34. The molecule has 0 radical (unpaired) electrons. The Labute approximate surface area is 312 Å². The smallest absolute Gasteiger partial charge is 1.00 e. The van der Waals surface area contributed by atoms with Crippen LogP contribution in [-0.2, 0) is 6.42 Å². The van der Waals surface area contributed by atoms with E-state index in [2.05, 4.69) is 63.1 Å². The van der Waals surface area contributed by atoms with Crippen LogP contribution >= 0.6 is 46.4 Å². The second-order valence-electron chi connectivity index (χ2n) is 8.52. The topological polar surface area (TPSA) is 88.3 Å². The van der Waals surface area contributed by atoms with E-state index in [0.29, 0.717) is 26.3 Å². The maximum Gasteiger partial charge on any atom is 2.00 e. The number of hydrazone groups is 1. The van der Waals surface area contributed by atoms with Crippen LogP contribution in [0.1, 0.15) is 38.8 Å². The molecule has 0 amide bonds. The standard InChI is InChI=1S/C10H9ClN3.C10H10ClN3.C6H3Cl2N3.C4H7.CH4.ClH.Mg/c1-2-3-4-8-7-9(11)13-10-5-6-12-14(8)10;1-2-3-4-8-7-9(11)14-10(13-8)5-6-12-14;7-4-3-5(8)11-6(10-4)1-2-9-11;1-3-4-2;;;/h2,5,7H,1,3-4H2;2,5-7H,1,3-4H2;1-3H;3H,1-2,4H2;1H4;1H;/q+1;;;-1;;;+2/p-1. The number of aryl methyl sites for hydroxylation is 1. The number of rotatable bonds is 7. The molecule has 4 aromatic heterocycles. The number of allylic oxidation sites excluding steroid dienone is 6. The Morgan fingerprint density at radius 1 is 0.848 bits per heavy atom. The fourth-order valence-electron chi connectivity index (χ4n) is 3.46. The SMILES string of the molecule is C.C=CCCC1=CC(Cl)=NC2=C[C+]=NN12.C=CCCc1cc(Cl)n2nccc2n1.C=CC[CH2-].Clc1cc(Cl)n2nccc2n1.[Cl-].[Mg+2]. The van der Waals surface area contributed by atoms with E-state index in [0.717, 1.165) is 55.0 Å². The summed E-state index contributed by atoms with van der Waals surface area (Å²) in [5.41, 5.74) is 3.45. The molecule has 0 spiro atoms. The fraction of sp³-hybridized carbons (Fsp3) is 0.194. The van der Waals surface area contributed by atoms with Crippen LogP contribution in [-0.4, -0.2) is 68.6 Å². The zero-order valence-electron chi connectivity index (χ0n) is 24.3. The summed E-state index contributed by atoms with van der Waals surface area (Å²) < 4.78 is 3.12. The zero-order chi connectivity index (χ0) is 31.2. The van der Waals surface area contributed by atoms with Gasteiger partial charge in [-0.25, -0.2) is 19.0 Å². The molecule has 0 saturated heterocycles. The van der Waals surface area contributed by atoms with Crippen molar-refractivity contribution >= 4 is 92.1 Å². The van der Waals surface area contributed by atoms with E-state index in [1.54, 1.807) is 46.2 Å². The summed E-state index contributed by atoms with van der Waals surface area (Å²) in [6.07, 6.45) is 19.4. The monoisotopic (exact) mass is 730 g/mol. The number of fused-ring (bicyclic) bond motifs is 3. The first-order valence-corrected chi connectivity index (χ1v) is 14.5. The molecule has 9 nitrogen and oxygen atoms in total. The molecule has 15 heteroatoms. The molecule has 0 aromatic carbocycles. The molecule has 0 saturated carbocycles. The van der Waals surface area contributed by atoms with Gasteiger partial charge in [0.2, 0.25) is 12.3 Å². The van der Waals surface area contributed by atoms with Crippen molar-refractivity contribution in [3.05, 3.63) is 126 Å². The second-order valence-corrected chi connectivity index (χ2v) is 10.1. The van der Waals surface area contributed by atoms with Crippen LogP contribution in [0, 0.1) is 6.92 Å². The average Bonchev–Trinajstić information content (AvgIpc) is 3.77. The number of hydrogen-bond acceptors (Lipinski definition) is 7. The van der Waals surface area contributed by atoms with Crippen molar-refractivity contribution in [1.82, 2.24) is 34.2 Å². The van der Waals surface area contributed by atoms with Gasteiger partial charge in [0.25, 0.3) is 0 Å². The van der Waals surface area contributed by atoms with Crippen LogP contribution in [0.5, 0.6) is 0 Å². The average molecular weight is 733 g/mol. The van der Waals surface area contributed by atoms with Gasteiger partial charge in [-0.3, -0.25) is 0 Å². The van der Waals surface area contributed by atoms with E-state index in [1.165, 1.54) is 4.52 Å². The molecular weight excluding hydrogens is 700 g/mol. The van der Waals surface area contributed by atoms with Gasteiger partial charge in [0.05, 0.1) is 18.1 Å². The Morgan fingerprint density at radius 3 is 2.00 bits per heavy atom. The minimum absolute atomic E-state index is 0. The van der Waals surface area contributed by atoms with Crippen molar-refractivity contribution in [2.24, 2.45) is 10.1 Å². The van der Waals surface area contributed by atoms with Gasteiger partial charge in [0.15, 0.2) is 16.5 Å². The Balaban J connectivity index is 0.000000608. The number of aromatic nitrogens is 6. The van der Waals surface area contributed by atoms with Crippen molar-refractivity contribution in [3.63, 3.8) is 0 Å². The molecule has 6 heterocycles. The quantitative estimate of drug-likeness (QED) is 0.105. The van der Waals surface area contributed by atoms with E-state index in [9.17, 15) is 0 Å². The van der Waals surface area contributed by atoms with Gasteiger partial charge >= 0.3 is 28.9 Å². The molecule has 0 unspecified atom stereocenters. The maximum absolute atomic E-state index is 6.02. The molecular formula is C31H33Cl5MgN9+. The Kier molecular flexibility index (Phi) is 21.3. The molecule has 0 fully saturated rings. The third-order valence-electron chi connectivity index (χ3n) is 5.41. The van der Waals surface area contributed by atoms with Gasteiger partial charge in [-0.05, 0) is 31.7 Å². The summed E-state index contributed by atoms with van der Waals surface area (Å²) in [5, 5.41) is 15.7. The molecule has 6 rings (SSSR count). The van der Waals surface area contributed by atoms with Gasteiger partial charge < -0.3 is 19.3 Å². The summed E-state index contributed by atoms with van der Waals surface area (Å²) in [6.45, 7) is 14.3. The normalized spacial score (nSPS) is 11.8. The van der Waals surface area contributed by atoms with Crippen molar-refractivity contribution in [2.45, 2.75) is 39.5 Å². The predicted molar refractivity (Wildman–Crippen MR) is 190 cm³/mol. The third kappa shape index (κ3) is 12.8. The van der Waals surface area contributed by atoms with Crippen LogP contribution < -0.4 is 12.4 Å². The summed E-state index contributed by atoms with van der Waals surface area (Å²) in [7, 11) is 0. The van der Waals surface area contributed by atoms with E-state index in [1.807, 2.05) is 30.4 Å². The van der Waals surface area contributed by atoms with Crippen LogP contribution in [0.3, 0.4) is 0 Å². The van der Waals surface area contributed by atoms with Gasteiger partial charge in [-0.1, -0.05) is 66.0 Å². The van der Waals surface area contributed by atoms with Crippen LogP contribution in [0.15, 0.2) is 108 Å². The fourth-order valence-corrected chi connectivity index (χ4v) is 4.41. The minimum atomic E-state index is 0. The van der Waals surface area contributed by atoms with Gasteiger partial charge in [0.1, 0.15) is 15.5 Å². The van der Waals surface area contributed by atoms with Gasteiger partial charge in [-0.15, -0.1) is 35.8 Å². The maximum atomic E-state index is 6.02. The van der Waals surface area contributed by atoms with E-state index < -0.39 is 0 Å². The summed E-state index contributed by atoms with van der Waals surface area (Å²) >= 11 is 23.3. The molecule has 2 aliphatic rings. The number of aliphatic imine (C=N–C) groups is 1. The van der Waals surface area contributed by atoms with Crippen molar-refractivity contribution < 1.29 is 12.4 Å². The van der Waals surface area contributed by atoms with Crippen LogP contribution in [0.4, 0.5) is 0 Å². The molecule has 0 N–H and O–H groups in total. The second kappa shape index (κ2) is 22.7. The number of halogens is 5. The molecule has 2 aliphatic heterocycles. The van der Waals surface area contributed by atoms with Crippen LogP contribution in [0.25, 0.3) is 11.3 Å². The first kappa shape index (κ1) is 43.2.